The Morgan fingerprint density at radius 2 is 1.69 bits per heavy atom. The standard InChI is InChI=1S/C25H22ClFN4O3S/c1-2-33-19-13-9-18(10-14-19)31-23(15-34-20-11-7-17(26)8-12-20)29-30-25(31)35-16-24(32)28-22-6-4-3-5-21(22)27/h3-14H,2,15-16H2,1H3,(H,28,32). The summed E-state index contributed by atoms with van der Waals surface area (Å²) in [5, 5.41) is 12.2. The molecule has 3 aromatic carbocycles. The predicted molar refractivity (Wildman–Crippen MR) is 134 cm³/mol. The van der Waals surface area contributed by atoms with Gasteiger partial charge in [-0.1, -0.05) is 35.5 Å². The van der Waals surface area contributed by atoms with Crippen LogP contribution in [-0.2, 0) is 11.4 Å². The normalized spacial score (nSPS) is 10.7. The van der Waals surface area contributed by atoms with Crippen molar-refractivity contribution >= 4 is 35.0 Å². The molecule has 0 saturated carbocycles. The van der Waals surface area contributed by atoms with Gasteiger partial charge in [0.2, 0.25) is 5.91 Å². The smallest absolute Gasteiger partial charge is 0.234 e. The minimum atomic E-state index is -0.495. The monoisotopic (exact) mass is 512 g/mol. The van der Waals surface area contributed by atoms with Crippen molar-refractivity contribution in [1.82, 2.24) is 14.8 Å². The minimum Gasteiger partial charge on any atom is -0.494 e. The second-order valence-corrected chi connectivity index (χ2v) is 8.60. The van der Waals surface area contributed by atoms with E-state index in [9.17, 15) is 9.18 Å². The molecule has 0 atom stereocenters. The van der Waals surface area contributed by atoms with Crippen LogP contribution in [0.25, 0.3) is 5.69 Å². The topological polar surface area (TPSA) is 78.3 Å². The van der Waals surface area contributed by atoms with Crippen LogP contribution in [0.3, 0.4) is 0 Å². The Kier molecular flexibility index (Phi) is 8.23. The number of ether oxygens (including phenoxy) is 2. The summed E-state index contributed by atoms with van der Waals surface area (Å²) in [7, 11) is 0. The quantitative estimate of drug-likeness (QED) is 0.272. The molecule has 0 aliphatic rings. The Balaban J connectivity index is 1.53. The van der Waals surface area contributed by atoms with E-state index in [2.05, 4.69) is 15.5 Å². The maximum absolute atomic E-state index is 13.9. The molecule has 7 nitrogen and oxygen atoms in total. The molecule has 0 fully saturated rings. The summed E-state index contributed by atoms with van der Waals surface area (Å²) in [6.07, 6.45) is 0. The lowest BCUT2D eigenvalue weighted by molar-refractivity contribution is -0.113. The van der Waals surface area contributed by atoms with Crippen molar-refractivity contribution in [2.75, 3.05) is 17.7 Å². The molecule has 4 aromatic rings. The van der Waals surface area contributed by atoms with Crippen molar-refractivity contribution in [3.63, 3.8) is 0 Å². The first-order valence-corrected chi connectivity index (χ1v) is 12.1. The van der Waals surface area contributed by atoms with Gasteiger partial charge >= 0.3 is 0 Å². The Bertz CT molecular complexity index is 1280. The van der Waals surface area contributed by atoms with Gasteiger partial charge < -0.3 is 14.8 Å². The van der Waals surface area contributed by atoms with Gasteiger partial charge in [0.05, 0.1) is 18.0 Å². The van der Waals surface area contributed by atoms with Crippen LogP contribution in [0.15, 0.2) is 78.0 Å². The van der Waals surface area contributed by atoms with E-state index in [0.717, 1.165) is 11.4 Å². The molecule has 0 spiro atoms. The van der Waals surface area contributed by atoms with Crippen LogP contribution in [0.4, 0.5) is 10.1 Å². The lowest BCUT2D eigenvalue weighted by Crippen LogP contribution is -2.15. The summed E-state index contributed by atoms with van der Waals surface area (Å²) in [4.78, 5) is 12.4. The van der Waals surface area contributed by atoms with Gasteiger partial charge in [-0.3, -0.25) is 9.36 Å². The Labute approximate surface area is 211 Å². The van der Waals surface area contributed by atoms with Crippen LogP contribution in [-0.4, -0.2) is 33.0 Å². The van der Waals surface area contributed by atoms with E-state index in [1.165, 1.54) is 23.9 Å². The summed E-state index contributed by atoms with van der Waals surface area (Å²) in [6, 6.07) is 20.5. The number of thioether (sulfide) groups is 1. The Morgan fingerprint density at radius 1 is 1.00 bits per heavy atom. The highest BCUT2D eigenvalue weighted by atomic mass is 35.5. The number of anilines is 1. The molecule has 0 aliphatic carbocycles. The minimum absolute atomic E-state index is 0.0154. The largest absolute Gasteiger partial charge is 0.494 e. The molecule has 0 bridgehead atoms. The Hall–Kier alpha value is -3.56. The van der Waals surface area contributed by atoms with E-state index in [1.54, 1.807) is 36.4 Å². The van der Waals surface area contributed by atoms with E-state index in [4.69, 9.17) is 21.1 Å². The average molecular weight is 513 g/mol. The van der Waals surface area contributed by atoms with Crippen molar-refractivity contribution in [2.24, 2.45) is 0 Å². The maximum Gasteiger partial charge on any atom is 0.234 e. The van der Waals surface area contributed by atoms with Crippen LogP contribution in [0.5, 0.6) is 11.5 Å². The van der Waals surface area contributed by atoms with Gasteiger partial charge in [0, 0.05) is 10.7 Å². The first-order chi connectivity index (χ1) is 17.0. The third-order valence-corrected chi connectivity index (χ3v) is 5.95. The fourth-order valence-electron chi connectivity index (χ4n) is 3.16. The first-order valence-electron chi connectivity index (χ1n) is 10.8. The molecule has 1 N–H and O–H groups in total. The molecule has 0 radical (unpaired) electrons. The lowest BCUT2D eigenvalue weighted by Gasteiger charge is -2.12. The molecule has 0 aliphatic heterocycles. The molecule has 0 saturated heterocycles. The van der Waals surface area contributed by atoms with Crippen LogP contribution in [0.2, 0.25) is 5.02 Å². The highest BCUT2D eigenvalue weighted by molar-refractivity contribution is 7.99. The number of amides is 1. The van der Waals surface area contributed by atoms with E-state index >= 15 is 0 Å². The molecular weight excluding hydrogens is 491 g/mol. The third-order valence-electron chi connectivity index (χ3n) is 4.77. The molecule has 1 aromatic heterocycles. The van der Waals surface area contributed by atoms with Crippen molar-refractivity contribution in [3.05, 3.63) is 89.5 Å². The summed E-state index contributed by atoms with van der Waals surface area (Å²) < 4.78 is 27.1. The molecule has 4 rings (SSSR count). The van der Waals surface area contributed by atoms with Crippen molar-refractivity contribution in [1.29, 1.82) is 0 Å². The molecule has 0 unspecified atom stereocenters. The van der Waals surface area contributed by atoms with Gasteiger partial charge in [-0.15, -0.1) is 10.2 Å². The average Bonchev–Trinajstić information content (AvgIpc) is 3.27. The molecule has 180 valence electrons. The second kappa shape index (κ2) is 11.7. The summed E-state index contributed by atoms with van der Waals surface area (Å²) >= 11 is 7.13. The van der Waals surface area contributed by atoms with Gasteiger partial charge in [0.15, 0.2) is 11.0 Å². The summed E-state index contributed by atoms with van der Waals surface area (Å²) in [6.45, 7) is 2.62. The van der Waals surface area contributed by atoms with E-state index in [1.807, 2.05) is 35.8 Å². The number of carbonyl (C=O) groups excluding carboxylic acids is 1. The number of nitrogens with one attached hydrogen (secondary N) is 1. The highest BCUT2D eigenvalue weighted by Crippen LogP contribution is 2.25. The zero-order valence-electron chi connectivity index (χ0n) is 18.8. The van der Waals surface area contributed by atoms with Crippen molar-refractivity contribution in [2.45, 2.75) is 18.7 Å². The summed E-state index contributed by atoms with van der Waals surface area (Å²) in [5.41, 5.74) is 0.910. The molecule has 1 amide bonds. The SMILES string of the molecule is CCOc1ccc(-n2c(COc3ccc(Cl)cc3)nnc2SCC(=O)Nc2ccccc2F)cc1. The summed E-state index contributed by atoms with van der Waals surface area (Å²) in [5.74, 6) is 1.07. The number of benzene rings is 3. The lowest BCUT2D eigenvalue weighted by atomic mass is 10.3. The number of para-hydroxylation sites is 1. The first kappa shape index (κ1) is 24.6. The fourth-order valence-corrected chi connectivity index (χ4v) is 4.06. The maximum atomic E-state index is 13.9. The molecule has 10 heteroatoms. The fraction of sp³-hybridized carbons (Fsp3) is 0.160. The number of halogens is 2. The molecule has 35 heavy (non-hydrogen) atoms. The number of aromatic nitrogens is 3. The van der Waals surface area contributed by atoms with Gasteiger partial charge in [-0.2, -0.15) is 0 Å². The number of hydrogen-bond acceptors (Lipinski definition) is 6. The van der Waals surface area contributed by atoms with Crippen LogP contribution < -0.4 is 14.8 Å². The number of carbonyl (C=O) groups is 1. The van der Waals surface area contributed by atoms with Crippen molar-refractivity contribution < 1.29 is 18.7 Å². The number of rotatable bonds is 10. The van der Waals surface area contributed by atoms with Crippen molar-refractivity contribution in [3.8, 4) is 17.2 Å². The van der Waals surface area contributed by atoms with Gasteiger partial charge in [-0.25, -0.2) is 4.39 Å². The zero-order valence-corrected chi connectivity index (χ0v) is 20.4. The number of hydrogen-bond donors (Lipinski definition) is 1. The van der Waals surface area contributed by atoms with E-state index in [-0.39, 0.29) is 24.0 Å². The van der Waals surface area contributed by atoms with Crippen LogP contribution >= 0.6 is 23.4 Å². The third kappa shape index (κ3) is 6.52. The zero-order chi connectivity index (χ0) is 24.6. The van der Waals surface area contributed by atoms with Gasteiger partial charge in [-0.05, 0) is 67.6 Å². The molecular formula is C25H22ClFN4O3S. The van der Waals surface area contributed by atoms with Crippen LogP contribution in [0, 0.1) is 5.82 Å². The number of nitrogens with zero attached hydrogens (tertiary/aromatic N) is 3. The van der Waals surface area contributed by atoms with Gasteiger partial charge in [0.1, 0.15) is 23.9 Å². The Morgan fingerprint density at radius 3 is 2.40 bits per heavy atom. The van der Waals surface area contributed by atoms with E-state index in [0.29, 0.717) is 28.4 Å². The second-order valence-electron chi connectivity index (χ2n) is 7.22. The predicted octanol–water partition coefficient (Wildman–Crippen LogP) is 5.77. The highest BCUT2D eigenvalue weighted by Gasteiger charge is 2.17. The van der Waals surface area contributed by atoms with Gasteiger partial charge in [0.25, 0.3) is 0 Å². The van der Waals surface area contributed by atoms with Crippen LogP contribution in [0.1, 0.15) is 12.7 Å². The molecule has 1 heterocycles. The van der Waals surface area contributed by atoms with E-state index < -0.39 is 5.82 Å².